The van der Waals surface area contributed by atoms with Gasteiger partial charge in [-0.25, -0.2) is 0 Å². The van der Waals surface area contributed by atoms with Gasteiger partial charge in [0, 0.05) is 19.1 Å². The van der Waals surface area contributed by atoms with Gasteiger partial charge in [-0.1, -0.05) is 6.92 Å². The van der Waals surface area contributed by atoms with E-state index in [9.17, 15) is 4.79 Å². The lowest BCUT2D eigenvalue weighted by molar-refractivity contribution is -0.131. The van der Waals surface area contributed by atoms with Gasteiger partial charge < -0.3 is 10.2 Å². The number of amides is 1. The number of fused-ring (bicyclic) bond motifs is 1. The molecule has 0 aromatic rings. The maximum absolute atomic E-state index is 11.8. The van der Waals surface area contributed by atoms with Crippen molar-refractivity contribution in [3.8, 4) is 0 Å². The second kappa shape index (κ2) is 3.66. The zero-order valence-corrected chi connectivity index (χ0v) is 8.25. The Balaban J connectivity index is 2.01. The average molecular weight is 182 g/mol. The molecule has 3 nitrogen and oxygen atoms in total. The predicted octanol–water partition coefficient (Wildman–Crippen LogP) is 0.607. The number of rotatable bonds is 2. The van der Waals surface area contributed by atoms with Crippen molar-refractivity contribution in [2.75, 3.05) is 19.6 Å². The molecule has 0 aliphatic carbocycles. The van der Waals surface area contributed by atoms with E-state index >= 15 is 0 Å². The van der Waals surface area contributed by atoms with E-state index in [0.717, 1.165) is 38.9 Å². The van der Waals surface area contributed by atoms with Crippen molar-refractivity contribution in [3.05, 3.63) is 0 Å². The van der Waals surface area contributed by atoms with Crippen molar-refractivity contribution in [2.45, 2.75) is 32.2 Å². The molecule has 0 saturated carbocycles. The average Bonchev–Trinajstić information content (AvgIpc) is 2.46. The second-order valence-corrected chi connectivity index (χ2v) is 4.09. The Morgan fingerprint density at radius 3 is 3.15 bits per heavy atom. The molecule has 0 aromatic carbocycles. The summed E-state index contributed by atoms with van der Waals surface area (Å²) in [6, 6.07) is 0.452. The number of nitrogens with zero attached hydrogens (tertiary/aromatic N) is 1. The number of carbonyl (C=O) groups excluding carboxylic acids is 1. The molecule has 3 heteroatoms. The number of likely N-dealkylation sites (tertiary alicyclic amines) is 1. The van der Waals surface area contributed by atoms with E-state index in [-0.39, 0.29) is 0 Å². The van der Waals surface area contributed by atoms with E-state index in [2.05, 4.69) is 12.2 Å². The second-order valence-electron chi connectivity index (χ2n) is 4.09. The maximum atomic E-state index is 11.8. The summed E-state index contributed by atoms with van der Waals surface area (Å²) >= 11 is 0. The van der Waals surface area contributed by atoms with Gasteiger partial charge in [0.05, 0.1) is 5.92 Å². The van der Waals surface area contributed by atoms with E-state index in [4.69, 9.17) is 0 Å². The number of hydrogen-bond acceptors (Lipinski definition) is 2. The van der Waals surface area contributed by atoms with Crippen LogP contribution in [0.15, 0.2) is 0 Å². The van der Waals surface area contributed by atoms with Crippen molar-refractivity contribution in [2.24, 2.45) is 5.92 Å². The van der Waals surface area contributed by atoms with Gasteiger partial charge in [0.25, 0.3) is 0 Å². The molecule has 1 amide bonds. The molecule has 2 aliphatic rings. The van der Waals surface area contributed by atoms with Crippen LogP contribution in [0, 0.1) is 5.92 Å². The lowest BCUT2D eigenvalue weighted by Gasteiger charge is -2.23. The fourth-order valence-electron chi connectivity index (χ4n) is 2.47. The van der Waals surface area contributed by atoms with E-state index in [1.807, 2.05) is 4.90 Å². The Bertz CT molecular complexity index is 205. The summed E-state index contributed by atoms with van der Waals surface area (Å²) < 4.78 is 0. The number of hydrogen-bond donors (Lipinski definition) is 1. The fraction of sp³-hybridized carbons (Fsp3) is 0.900. The van der Waals surface area contributed by atoms with Crippen LogP contribution in [-0.2, 0) is 4.79 Å². The van der Waals surface area contributed by atoms with Gasteiger partial charge in [0.1, 0.15) is 0 Å². The molecule has 74 valence electrons. The number of piperidine rings is 1. The van der Waals surface area contributed by atoms with Crippen molar-refractivity contribution in [1.29, 1.82) is 0 Å². The highest BCUT2D eigenvalue weighted by Crippen LogP contribution is 2.26. The fourth-order valence-corrected chi connectivity index (χ4v) is 2.47. The van der Waals surface area contributed by atoms with Crippen molar-refractivity contribution in [1.82, 2.24) is 10.2 Å². The summed E-state index contributed by atoms with van der Waals surface area (Å²) in [6.45, 7) is 5.10. The molecule has 2 atom stereocenters. The zero-order chi connectivity index (χ0) is 9.26. The van der Waals surface area contributed by atoms with Crippen LogP contribution < -0.4 is 5.32 Å². The summed E-state index contributed by atoms with van der Waals surface area (Å²) in [5.74, 6) is 0.680. The quantitative estimate of drug-likeness (QED) is 0.678. The molecule has 2 saturated heterocycles. The van der Waals surface area contributed by atoms with Crippen LogP contribution in [0.25, 0.3) is 0 Å². The molecule has 0 aromatic heterocycles. The molecule has 2 heterocycles. The van der Waals surface area contributed by atoms with E-state index < -0.39 is 0 Å². The molecular weight excluding hydrogens is 164 g/mol. The van der Waals surface area contributed by atoms with Crippen LogP contribution >= 0.6 is 0 Å². The van der Waals surface area contributed by atoms with Gasteiger partial charge >= 0.3 is 0 Å². The van der Waals surface area contributed by atoms with E-state index in [1.165, 1.54) is 0 Å². The number of carbonyl (C=O) groups is 1. The highest BCUT2D eigenvalue weighted by atomic mass is 16.2. The minimum atomic E-state index is 0.292. The van der Waals surface area contributed by atoms with E-state index in [1.54, 1.807) is 0 Å². The smallest absolute Gasteiger partial charge is 0.227 e. The third-order valence-corrected chi connectivity index (χ3v) is 3.12. The molecule has 2 fully saturated rings. The van der Waals surface area contributed by atoms with Crippen LogP contribution in [0.1, 0.15) is 26.2 Å². The van der Waals surface area contributed by atoms with Crippen LogP contribution in [0.4, 0.5) is 0 Å². The molecule has 2 rings (SSSR count). The van der Waals surface area contributed by atoms with Gasteiger partial charge in [-0.15, -0.1) is 0 Å². The number of nitrogens with one attached hydrogen (secondary N) is 1. The summed E-state index contributed by atoms with van der Waals surface area (Å²) in [7, 11) is 0. The first-order chi connectivity index (χ1) is 6.33. The minimum Gasteiger partial charge on any atom is -0.341 e. The Hall–Kier alpha value is -0.570. The third-order valence-electron chi connectivity index (χ3n) is 3.12. The van der Waals surface area contributed by atoms with Crippen molar-refractivity contribution in [3.63, 3.8) is 0 Å². The normalized spacial score (nSPS) is 33.6. The maximum Gasteiger partial charge on any atom is 0.227 e. The van der Waals surface area contributed by atoms with Crippen LogP contribution in [0.2, 0.25) is 0 Å². The van der Waals surface area contributed by atoms with Gasteiger partial charge in [-0.2, -0.15) is 0 Å². The highest BCUT2D eigenvalue weighted by molar-refractivity contribution is 5.82. The standard InChI is InChI=1S/C10H18N2O/c1-2-6-12-7-9-8(10(12)13)4-3-5-11-9/h8-9,11H,2-7H2,1H3. The lowest BCUT2D eigenvalue weighted by atomic mass is 9.94. The van der Waals surface area contributed by atoms with Crippen LogP contribution in [-0.4, -0.2) is 36.5 Å². The highest BCUT2D eigenvalue weighted by Gasteiger charge is 2.40. The molecule has 0 spiro atoms. The van der Waals surface area contributed by atoms with E-state index in [0.29, 0.717) is 17.9 Å². The van der Waals surface area contributed by atoms with Gasteiger partial charge in [0.15, 0.2) is 0 Å². The third kappa shape index (κ3) is 1.57. The molecular formula is C10H18N2O. The SMILES string of the molecule is CCCN1CC2NCCCC2C1=O. The molecule has 13 heavy (non-hydrogen) atoms. The molecule has 0 radical (unpaired) electrons. The largest absolute Gasteiger partial charge is 0.341 e. The van der Waals surface area contributed by atoms with Crippen molar-refractivity contribution < 1.29 is 4.79 Å². The van der Waals surface area contributed by atoms with Gasteiger partial charge in [0.2, 0.25) is 5.91 Å². The summed E-state index contributed by atoms with van der Waals surface area (Å²) in [6.07, 6.45) is 3.33. The summed E-state index contributed by atoms with van der Waals surface area (Å²) in [5, 5.41) is 3.44. The topological polar surface area (TPSA) is 32.3 Å². The Kier molecular flexibility index (Phi) is 2.54. The van der Waals surface area contributed by atoms with Gasteiger partial charge in [-0.05, 0) is 25.8 Å². The Morgan fingerprint density at radius 1 is 1.62 bits per heavy atom. The van der Waals surface area contributed by atoms with Crippen LogP contribution in [0.3, 0.4) is 0 Å². The van der Waals surface area contributed by atoms with Crippen molar-refractivity contribution >= 4 is 5.91 Å². The summed E-state index contributed by atoms with van der Waals surface area (Å²) in [4.78, 5) is 13.8. The first-order valence-electron chi connectivity index (χ1n) is 5.35. The molecule has 2 unspecified atom stereocenters. The summed E-state index contributed by atoms with van der Waals surface area (Å²) in [5.41, 5.74) is 0. The van der Waals surface area contributed by atoms with Crippen LogP contribution in [0.5, 0.6) is 0 Å². The first kappa shape index (κ1) is 9.00. The minimum absolute atomic E-state index is 0.292. The Labute approximate surface area is 79.5 Å². The molecule has 0 bridgehead atoms. The molecule has 1 N–H and O–H groups in total. The zero-order valence-electron chi connectivity index (χ0n) is 8.25. The van der Waals surface area contributed by atoms with Gasteiger partial charge in [-0.3, -0.25) is 4.79 Å². The first-order valence-corrected chi connectivity index (χ1v) is 5.35. The molecule has 2 aliphatic heterocycles. The Morgan fingerprint density at radius 2 is 2.46 bits per heavy atom. The predicted molar refractivity (Wildman–Crippen MR) is 51.4 cm³/mol. The monoisotopic (exact) mass is 182 g/mol. The lowest BCUT2D eigenvalue weighted by Crippen LogP contribution is -2.41.